The lowest BCUT2D eigenvalue weighted by atomic mass is 10.2. The minimum absolute atomic E-state index is 0.375. The maximum absolute atomic E-state index is 12.0. The third-order valence-electron chi connectivity index (χ3n) is 2.59. The van der Waals surface area contributed by atoms with E-state index in [4.69, 9.17) is 5.73 Å². The third kappa shape index (κ3) is 6.35. The van der Waals surface area contributed by atoms with E-state index in [1.807, 2.05) is 30.3 Å². The van der Waals surface area contributed by atoms with E-state index in [-0.39, 0.29) is 5.91 Å². The van der Waals surface area contributed by atoms with Gasteiger partial charge in [0.05, 0.1) is 0 Å². The van der Waals surface area contributed by atoms with Gasteiger partial charge >= 0.3 is 0 Å². The van der Waals surface area contributed by atoms with Crippen molar-refractivity contribution < 1.29 is 13.2 Å². The van der Waals surface area contributed by atoms with Gasteiger partial charge in [0.1, 0.15) is 5.75 Å². The third-order valence-corrected chi connectivity index (χ3v) is 3.36. The van der Waals surface area contributed by atoms with Crippen LogP contribution in [-0.4, -0.2) is 44.3 Å². The van der Waals surface area contributed by atoms with Crippen molar-refractivity contribution >= 4 is 15.7 Å². The van der Waals surface area contributed by atoms with Gasteiger partial charge in [-0.05, 0) is 18.5 Å². The minimum atomic E-state index is -3.31. The predicted molar refractivity (Wildman–Crippen MR) is 75.2 cm³/mol. The first-order valence-electron chi connectivity index (χ1n) is 6.12. The average molecular weight is 284 g/mol. The van der Waals surface area contributed by atoms with Crippen molar-refractivity contribution in [3.05, 3.63) is 35.9 Å². The van der Waals surface area contributed by atoms with Gasteiger partial charge in [-0.15, -0.1) is 0 Å². The molecule has 0 saturated heterocycles. The topological polar surface area (TPSA) is 80.5 Å². The lowest BCUT2D eigenvalue weighted by Gasteiger charge is -2.22. The molecule has 0 aliphatic rings. The maximum atomic E-state index is 12.0. The van der Waals surface area contributed by atoms with Crippen molar-refractivity contribution in [1.29, 1.82) is 0 Å². The zero-order valence-corrected chi connectivity index (χ0v) is 11.9. The molecule has 106 valence electrons. The summed E-state index contributed by atoms with van der Waals surface area (Å²) in [5.74, 6) is -0.829. The molecule has 1 rings (SSSR count). The van der Waals surface area contributed by atoms with Gasteiger partial charge in [-0.1, -0.05) is 30.3 Å². The molecular formula is C13H20N2O3S. The predicted octanol–water partition coefficient (Wildman–Crippen LogP) is 0.409. The van der Waals surface area contributed by atoms with Crippen molar-refractivity contribution in [2.75, 3.05) is 25.1 Å². The number of carbonyl (C=O) groups excluding carboxylic acids is 1. The highest BCUT2D eigenvalue weighted by Gasteiger charge is 2.18. The van der Waals surface area contributed by atoms with Gasteiger partial charge in [0.25, 0.3) is 0 Å². The Morgan fingerprint density at radius 3 is 2.42 bits per heavy atom. The summed E-state index contributed by atoms with van der Waals surface area (Å²) in [5.41, 5.74) is 6.41. The summed E-state index contributed by atoms with van der Waals surface area (Å²) in [6.07, 6.45) is 1.72. The molecule has 2 N–H and O–H groups in total. The van der Waals surface area contributed by atoms with Crippen LogP contribution >= 0.6 is 0 Å². The number of benzene rings is 1. The van der Waals surface area contributed by atoms with Crippen LogP contribution in [0.4, 0.5) is 0 Å². The van der Waals surface area contributed by atoms with Crippen molar-refractivity contribution in [2.45, 2.75) is 13.0 Å². The Morgan fingerprint density at radius 1 is 1.26 bits per heavy atom. The standard InChI is InChI=1S/C13H20N2O3S/c1-19(17,18)11-13(16)15(9-5-8-14)10-12-6-3-2-4-7-12/h2-4,6-7H,5,8-11,14H2,1H3. The highest BCUT2D eigenvalue weighted by Crippen LogP contribution is 2.06. The summed E-state index contributed by atoms with van der Waals surface area (Å²) >= 11 is 0. The number of rotatable bonds is 7. The molecule has 0 aliphatic carbocycles. The molecule has 19 heavy (non-hydrogen) atoms. The summed E-state index contributed by atoms with van der Waals surface area (Å²) in [4.78, 5) is 13.5. The van der Waals surface area contributed by atoms with E-state index in [0.717, 1.165) is 11.8 Å². The fourth-order valence-electron chi connectivity index (χ4n) is 1.69. The smallest absolute Gasteiger partial charge is 0.238 e. The molecular weight excluding hydrogens is 264 g/mol. The number of hydrogen-bond donors (Lipinski definition) is 1. The molecule has 0 unspecified atom stereocenters. The highest BCUT2D eigenvalue weighted by molar-refractivity contribution is 7.91. The lowest BCUT2D eigenvalue weighted by Crippen LogP contribution is -2.36. The number of amides is 1. The Morgan fingerprint density at radius 2 is 1.89 bits per heavy atom. The number of sulfone groups is 1. The molecule has 0 atom stereocenters. The molecule has 0 aliphatic heterocycles. The van der Waals surface area contributed by atoms with Crippen LogP contribution in [0, 0.1) is 0 Å². The largest absolute Gasteiger partial charge is 0.337 e. The van der Waals surface area contributed by atoms with Crippen LogP contribution in [0.3, 0.4) is 0 Å². The Balaban J connectivity index is 2.74. The first kappa shape index (κ1) is 15.7. The molecule has 1 aromatic rings. The van der Waals surface area contributed by atoms with Crippen molar-refractivity contribution in [1.82, 2.24) is 4.90 Å². The quantitative estimate of drug-likeness (QED) is 0.786. The van der Waals surface area contributed by atoms with Crippen LogP contribution in [0.15, 0.2) is 30.3 Å². The molecule has 1 amide bonds. The first-order chi connectivity index (χ1) is 8.92. The highest BCUT2D eigenvalue weighted by atomic mass is 32.2. The van der Waals surface area contributed by atoms with Gasteiger partial charge in [0.2, 0.25) is 5.91 Å². The van der Waals surface area contributed by atoms with Crippen LogP contribution in [0.1, 0.15) is 12.0 Å². The van der Waals surface area contributed by atoms with Crippen molar-refractivity contribution in [3.8, 4) is 0 Å². The van der Waals surface area contributed by atoms with Crippen LogP contribution in [0.5, 0.6) is 0 Å². The average Bonchev–Trinajstić information content (AvgIpc) is 2.33. The van der Waals surface area contributed by atoms with Crippen LogP contribution < -0.4 is 5.73 Å². The van der Waals surface area contributed by atoms with E-state index < -0.39 is 15.6 Å². The van der Waals surface area contributed by atoms with E-state index in [1.54, 1.807) is 4.90 Å². The molecule has 0 saturated carbocycles. The molecule has 0 bridgehead atoms. The van der Waals surface area contributed by atoms with Gasteiger partial charge in [0, 0.05) is 19.3 Å². The second-order valence-corrected chi connectivity index (χ2v) is 6.65. The Bertz CT molecular complexity index is 500. The second kappa shape index (κ2) is 7.25. The number of nitrogens with zero attached hydrogens (tertiary/aromatic N) is 1. The van der Waals surface area contributed by atoms with Gasteiger partial charge in [-0.3, -0.25) is 4.79 Å². The Labute approximate surface area is 114 Å². The summed E-state index contributed by atoms with van der Waals surface area (Å²) in [5, 5.41) is 0. The molecule has 0 fully saturated rings. The van der Waals surface area contributed by atoms with Crippen LogP contribution in [-0.2, 0) is 21.2 Å². The summed E-state index contributed by atoms with van der Waals surface area (Å²) < 4.78 is 22.4. The van der Waals surface area contributed by atoms with E-state index in [9.17, 15) is 13.2 Å². The summed E-state index contributed by atoms with van der Waals surface area (Å²) in [7, 11) is -3.31. The molecule has 0 spiro atoms. The monoisotopic (exact) mass is 284 g/mol. The van der Waals surface area contributed by atoms with Crippen LogP contribution in [0.25, 0.3) is 0 Å². The van der Waals surface area contributed by atoms with E-state index in [1.165, 1.54) is 0 Å². The normalized spacial score (nSPS) is 11.3. The number of nitrogens with two attached hydrogens (primary N) is 1. The number of hydrogen-bond acceptors (Lipinski definition) is 4. The molecule has 0 radical (unpaired) electrons. The second-order valence-electron chi connectivity index (χ2n) is 4.51. The molecule has 5 nitrogen and oxygen atoms in total. The summed E-state index contributed by atoms with van der Waals surface area (Å²) in [6.45, 7) is 1.35. The zero-order valence-electron chi connectivity index (χ0n) is 11.1. The molecule has 6 heteroatoms. The van der Waals surface area contributed by atoms with Crippen LogP contribution in [0.2, 0.25) is 0 Å². The van der Waals surface area contributed by atoms with Gasteiger partial charge in [0.15, 0.2) is 9.84 Å². The van der Waals surface area contributed by atoms with Gasteiger partial charge in [-0.25, -0.2) is 8.42 Å². The van der Waals surface area contributed by atoms with Gasteiger partial charge < -0.3 is 10.6 Å². The minimum Gasteiger partial charge on any atom is -0.337 e. The molecule has 0 aromatic heterocycles. The Kier molecular flexibility index (Phi) is 5.98. The fourth-order valence-corrected chi connectivity index (χ4v) is 2.32. The van der Waals surface area contributed by atoms with Crippen molar-refractivity contribution in [3.63, 3.8) is 0 Å². The SMILES string of the molecule is CS(=O)(=O)CC(=O)N(CCCN)Cc1ccccc1. The number of carbonyl (C=O) groups is 1. The zero-order chi connectivity index (χ0) is 14.3. The van der Waals surface area contributed by atoms with E-state index >= 15 is 0 Å². The Hall–Kier alpha value is -1.40. The summed E-state index contributed by atoms with van der Waals surface area (Å²) in [6, 6.07) is 9.48. The molecule has 1 aromatic carbocycles. The first-order valence-corrected chi connectivity index (χ1v) is 8.18. The van der Waals surface area contributed by atoms with Crippen molar-refractivity contribution in [2.24, 2.45) is 5.73 Å². The van der Waals surface area contributed by atoms with Gasteiger partial charge in [-0.2, -0.15) is 0 Å². The van der Waals surface area contributed by atoms with E-state index in [0.29, 0.717) is 26.1 Å². The van der Waals surface area contributed by atoms with E-state index in [2.05, 4.69) is 0 Å². The fraction of sp³-hybridized carbons (Fsp3) is 0.462. The maximum Gasteiger partial charge on any atom is 0.238 e. The lowest BCUT2D eigenvalue weighted by molar-refractivity contribution is -0.129. The molecule has 0 heterocycles.